The number of ether oxygens (including phenoxy) is 2. The fourth-order valence-corrected chi connectivity index (χ4v) is 4.06. The van der Waals surface area contributed by atoms with Crippen LogP contribution in [-0.2, 0) is 9.59 Å². The Morgan fingerprint density at radius 1 is 0.852 bits per heavy atom. The number of rotatable bonds is 6. The lowest BCUT2D eigenvalue weighted by Gasteiger charge is -2.13. The Morgan fingerprint density at radius 2 is 1.41 bits per heavy atom. The number of amides is 2. The average Bonchev–Trinajstić information content (AvgIpc) is 2.58. The van der Waals surface area contributed by atoms with Gasteiger partial charge in [0.25, 0.3) is 11.8 Å². The van der Waals surface area contributed by atoms with Gasteiger partial charge in [-0.3, -0.25) is 20.4 Å². The van der Waals surface area contributed by atoms with Gasteiger partial charge in [-0.2, -0.15) is 0 Å². The predicted molar refractivity (Wildman–Crippen MR) is 113 cm³/mol. The van der Waals surface area contributed by atoms with Gasteiger partial charge in [-0.1, -0.05) is 31.9 Å². The summed E-state index contributed by atoms with van der Waals surface area (Å²) in [5.74, 6) is 0.191. The molecule has 2 rings (SSSR count). The molecule has 2 N–H and O–H groups in total. The molecule has 144 valence electrons. The Balaban J connectivity index is 1.76. The van der Waals surface area contributed by atoms with Crippen molar-refractivity contribution in [3.05, 3.63) is 54.9 Å². The molecule has 2 aromatic carbocycles. The molecule has 0 bridgehead atoms. The van der Waals surface area contributed by atoms with E-state index >= 15 is 0 Å². The van der Waals surface area contributed by atoms with Gasteiger partial charge in [0.2, 0.25) is 0 Å². The summed E-state index contributed by atoms with van der Waals surface area (Å²) in [5.41, 5.74) is 6.39. The maximum atomic E-state index is 11.9. The molecule has 0 spiro atoms. The van der Waals surface area contributed by atoms with Crippen molar-refractivity contribution in [1.82, 2.24) is 10.9 Å². The molecule has 0 aromatic heterocycles. The van der Waals surface area contributed by atoms with Crippen LogP contribution in [0.5, 0.6) is 11.5 Å². The van der Waals surface area contributed by atoms with Crippen molar-refractivity contribution in [3.8, 4) is 11.5 Å². The third-order valence-electron chi connectivity index (χ3n) is 3.37. The Bertz CT molecular complexity index is 835. The molecule has 0 fully saturated rings. The number of hydrazine groups is 1. The molecule has 2 aromatic rings. The predicted octanol–water partition coefficient (Wildman–Crippen LogP) is 4.20. The SMILES string of the molecule is Cc1cc(Br)cc(C)c1OCC(=O)NNC(=O)COc1ccc(Br)cc1Br. The van der Waals surface area contributed by atoms with Crippen LogP contribution in [0.25, 0.3) is 0 Å². The molecule has 9 heteroatoms. The van der Waals surface area contributed by atoms with Gasteiger partial charge in [-0.05, 0) is 71.2 Å². The van der Waals surface area contributed by atoms with E-state index in [-0.39, 0.29) is 13.2 Å². The summed E-state index contributed by atoms with van der Waals surface area (Å²) in [6.45, 7) is 3.32. The summed E-state index contributed by atoms with van der Waals surface area (Å²) in [4.78, 5) is 23.7. The molecule has 0 atom stereocenters. The van der Waals surface area contributed by atoms with Crippen LogP contribution < -0.4 is 20.3 Å². The maximum Gasteiger partial charge on any atom is 0.276 e. The minimum absolute atomic E-state index is 0.220. The molecule has 0 radical (unpaired) electrons. The van der Waals surface area contributed by atoms with E-state index < -0.39 is 11.8 Å². The summed E-state index contributed by atoms with van der Waals surface area (Å²) < 4.78 is 13.5. The minimum Gasteiger partial charge on any atom is -0.483 e. The normalized spacial score (nSPS) is 10.3. The number of carbonyl (C=O) groups is 2. The lowest BCUT2D eigenvalue weighted by atomic mass is 10.1. The van der Waals surface area contributed by atoms with E-state index in [4.69, 9.17) is 9.47 Å². The van der Waals surface area contributed by atoms with Crippen LogP contribution >= 0.6 is 47.8 Å². The number of hydrogen-bond donors (Lipinski definition) is 2. The van der Waals surface area contributed by atoms with Gasteiger partial charge < -0.3 is 9.47 Å². The Hall–Kier alpha value is -1.58. The fraction of sp³-hybridized carbons (Fsp3) is 0.222. The van der Waals surface area contributed by atoms with E-state index in [1.807, 2.05) is 26.0 Å². The minimum atomic E-state index is -0.492. The van der Waals surface area contributed by atoms with E-state index in [0.29, 0.717) is 16.0 Å². The number of aryl methyl sites for hydroxylation is 2. The third kappa shape index (κ3) is 6.82. The van der Waals surface area contributed by atoms with E-state index in [0.717, 1.165) is 20.1 Å². The quantitative estimate of drug-likeness (QED) is 0.516. The van der Waals surface area contributed by atoms with E-state index in [2.05, 4.69) is 58.6 Å². The van der Waals surface area contributed by atoms with Gasteiger partial charge in [0.05, 0.1) is 4.47 Å². The van der Waals surface area contributed by atoms with Crippen LogP contribution in [0.1, 0.15) is 11.1 Å². The van der Waals surface area contributed by atoms with Gasteiger partial charge in [0.1, 0.15) is 11.5 Å². The molecule has 27 heavy (non-hydrogen) atoms. The average molecular weight is 565 g/mol. The maximum absolute atomic E-state index is 11.9. The molecule has 2 amide bonds. The number of halogens is 3. The van der Waals surface area contributed by atoms with Gasteiger partial charge >= 0.3 is 0 Å². The monoisotopic (exact) mass is 562 g/mol. The summed E-state index contributed by atoms with van der Waals surface area (Å²) in [6.07, 6.45) is 0. The molecule has 0 aliphatic heterocycles. The Labute approximate surface area is 182 Å². The molecule has 0 saturated heterocycles. The highest BCUT2D eigenvalue weighted by Gasteiger charge is 2.10. The van der Waals surface area contributed by atoms with Crippen molar-refractivity contribution in [2.75, 3.05) is 13.2 Å². The van der Waals surface area contributed by atoms with Gasteiger partial charge in [-0.25, -0.2) is 0 Å². The first-order valence-corrected chi connectivity index (χ1v) is 10.2. The molecule has 0 heterocycles. The number of hydrogen-bond acceptors (Lipinski definition) is 4. The molecular weight excluding hydrogens is 548 g/mol. The Kier molecular flexibility index (Phi) is 8.12. The van der Waals surface area contributed by atoms with Gasteiger partial charge in [0.15, 0.2) is 13.2 Å². The van der Waals surface area contributed by atoms with Crippen LogP contribution in [0, 0.1) is 13.8 Å². The first-order chi connectivity index (χ1) is 12.8. The summed E-state index contributed by atoms with van der Waals surface area (Å²) in [7, 11) is 0. The summed E-state index contributed by atoms with van der Waals surface area (Å²) >= 11 is 10.1. The Morgan fingerprint density at radius 3 is 1.96 bits per heavy atom. The van der Waals surface area contributed by atoms with E-state index in [1.54, 1.807) is 18.2 Å². The largest absolute Gasteiger partial charge is 0.483 e. The number of nitrogens with one attached hydrogen (secondary N) is 2. The van der Waals surface area contributed by atoms with Crippen LogP contribution in [0.2, 0.25) is 0 Å². The van der Waals surface area contributed by atoms with Crippen LogP contribution in [0.4, 0.5) is 0 Å². The third-order valence-corrected chi connectivity index (χ3v) is 4.94. The summed E-state index contributed by atoms with van der Waals surface area (Å²) in [5, 5.41) is 0. The zero-order valence-corrected chi connectivity index (χ0v) is 19.3. The standard InChI is InChI=1S/C18H17Br3N2O4/c1-10-5-13(20)6-11(2)18(10)27-9-17(25)23-22-16(24)8-26-15-4-3-12(19)7-14(15)21/h3-7H,8-9H2,1-2H3,(H,22,24)(H,23,25). The van der Waals surface area contributed by atoms with E-state index in [1.165, 1.54) is 0 Å². The first-order valence-electron chi connectivity index (χ1n) is 7.81. The zero-order valence-electron chi connectivity index (χ0n) is 14.6. The lowest BCUT2D eigenvalue weighted by molar-refractivity contribution is -0.131. The van der Waals surface area contributed by atoms with Crippen molar-refractivity contribution in [3.63, 3.8) is 0 Å². The van der Waals surface area contributed by atoms with Crippen LogP contribution in [0.15, 0.2) is 43.7 Å². The second kappa shape index (κ2) is 10.1. The van der Waals surface area contributed by atoms with Gasteiger partial charge in [-0.15, -0.1) is 0 Å². The molecule has 0 aliphatic rings. The number of carbonyl (C=O) groups excluding carboxylic acids is 2. The second-order valence-electron chi connectivity index (χ2n) is 5.62. The number of benzene rings is 2. The zero-order chi connectivity index (χ0) is 20.0. The highest BCUT2D eigenvalue weighted by molar-refractivity contribution is 9.11. The van der Waals surface area contributed by atoms with Crippen molar-refractivity contribution in [1.29, 1.82) is 0 Å². The molecular formula is C18H17Br3N2O4. The van der Waals surface area contributed by atoms with Gasteiger partial charge in [0, 0.05) is 8.95 Å². The lowest BCUT2D eigenvalue weighted by Crippen LogP contribution is -2.45. The molecule has 0 unspecified atom stereocenters. The summed E-state index contributed by atoms with van der Waals surface area (Å²) in [6, 6.07) is 9.12. The first kappa shape index (κ1) is 21.7. The van der Waals surface area contributed by atoms with Crippen molar-refractivity contribution >= 4 is 59.6 Å². The van der Waals surface area contributed by atoms with Crippen molar-refractivity contribution < 1.29 is 19.1 Å². The second-order valence-corrected chi connectivity index (χ2v) is 8.30. The molecule has 6 nitrogen and oxygen atoms in total. The molecule has 0 aliphatic carbocycles. The smallest absolute Gasteiger partial charge is 0.276 e. The van der Waals surface area contributed by atoms with Crippen LogP contribution in [-0.4, -0.2) is 25.0 Å². The molecule has 0 saturated carbocycles. The van der Waals surface area contributed by atoms with Crippen molar-refractivity contribution in [2.45, 2.75) is 13.8 Å². The highest BCUT2D eigenvalue weighted by Crippen LogP contribution is 2.28. The highest BCUT2D eigenvalue weighted by atomic mass is 79.9. The van der Waals surface area contributed by atoms with Crippen LogP contribution in [0.3, 0.4) is 0 Å². The fourth-order valence-electron chi connectivity index (χ4n) is 2.21. The van der Waals surface area contributed by atoms with Crippen molar-refractivity contribution in [2.24, 2.45) is 0 Å². The van der Waals surface area contributed by atoms with E-state index in [9.17, 15) is 9.59 Å². The topological polar surface area (TPSA) is 76.7 Å².